The van der Waals surface area contributed by atoms with E-state index in [-0.39, 0.29) is 12.4 Å². The first-order chi connectivity index (χ1) is 10.00. The number of nitrogens with zero attached hydrogens (tertiary/aromatic N) is 1. The number of benzene rings is 1. The van der Waals surface area contributed by atoms with Crippen molar-refractivity contribution in [1.82, 2.24) is 5.32 Å². The van der Waals surface area contributed by atoms with Crippen molar-refractivity contribution in [2.24, 2.45) is 0 Å². The first kappa shape index (κ1) is 17.7. The third-order valence-electron chi connectivity index (χ3n) is 3.45. The van der Waals surface area contributed by atoms with E-state index >= 15 is 0 Å². The lowest BCUT2D eigenvalue weighted by Crippen LogP contribution is -2.34. The predicted octanol–water partition coefficient (Wildman–Crippen LogP) is 3.54. The molecular weight excluding hydrogens is 408 g/mol. The van der Waals surface area contributed by atoms with E-state index in [2.05, 4.69) is 21.2 Å². The van der Waals surface area contributed by atoms with Gasteiger partial charge in [0, 0.05) is 19.6 Å². The molecule has 2 heterocycles. The number of aryl methyl sites for hydroxylation is 1. The molecular formula is C14H16BrClN2O2S2. The van der Waals surface area contributed by atoms with Crippen LogP contribution in [0.15, 0.2) is 38.3 Å². The summed E-state index contributed by atoms with van der Waals surface area (Å²) in [5, 5.41) is 3.26. The van der Waals surface area contributed by atoms with Gasteiger partial charge in [0.25, 0.3) is 10.0 Å². The highest BCUT2D eigenvalue weighted by atomic mass is 79.9. The van der Waals surface area contributed by atoms with E-state index < -0.39 is 10.0 Å². The molecule has 1 aromatic carbocycles. The Bertz CT molecular complexity index is 757. The first-order valence-electron chi connectivity index (χ1n) is 6.57. The summed E-state index contributed by atoms with van der Waals surface area (Å²) in [6, 6.07) is 9.37. The molecule has 8 heteroatoms. The van der Waals surface area contributed by atoms with E-state index in [0.29, 0.717) is 23.8 Å². The molecule has 120 valence electrons. The van der Waals surface area contributed by atoms with Crippen LogP contribution in [0.5, 0.6) is 0 Å². The zero-order valence-electron chi connectivity index (χ0n) is 11.9. The summed E-state index contributed by atoms with van der Waals surface area (Å²) in [5.41, 5.74) is 2.72. The number of hydrogen-bond acceptors (Lipinski definition) is 4. The lowest BCUT2D eigenvalue weighted by atomic mass is 10.2. The largest absolute Gasteiger partial charge is 0.311 e. The van der Waals surface area contributed by atoms with Gasteiger partial charge in [-0.25, -0.2) is 8.42 Å². The Balaban J connectivity index is 0.00000176. The molecule has 0 saturated heterocycles. The lowest BCUT2D eigenvalue weighted by molar-refractivity contribution is 0.591. The number of halogens is 2. The standard InChI is InChI=1S/C14H15BrN2O2S2.ClH/c1-10-8-13(20-14(10)15)21(18,19)17-7-6-16-9-11-4-2-3-5-12(11)17;/h2-5,8,16H,6-7,9H2,1H3;1H. The number of anilines is 1. The molecule has 1 aliphatic rings. The van der Waals surface area contributed by atoms with E-state index in [1.54, 1.807) is 6.07 Å². The minimum Gasteiger partial charge on any atom is -0.311 e. The molecule has 4 nitrogen and oxygen atoms in total. The summed E-state index contributed by atoms with van der Waals surface area (Å²) in [7, 11) is -3.52. The maximum Gasteiger partial charge on any atom is 0.273 e. The van der Waals surface area contributed by atoms with Gasteiger partial charge in [-0.1, -0.05) is 18.2 Å². The quantitative estimate of drug-likeness (QED) is 0.804. The minimum atomic E-state index is -3.52. The molecule has 1 aliphatic heterocycles. The molecule has 0 radical (unpaired) electrons. The van der Waals surface area contributed by atoms with Crippen LogP contribution < -0.4 is 9.62 Å². The number of para-hydroxylation sites is 1. The number of sulfonamides is 1. The molecule has 0 bridgehead atoms. The van der Waals surface area contributed by atoms with Crippen LogP contribution in [0, 0.1) is 6.92 Å². The number of thiophene rings is 1. The van der Waals surface area contributed by atoms with Crippen LogP contribution in [0.1, 0.15) is 11.1 Å². The molecule has 0 fully saturated rings. The topological polar surface area (TPSA) is 49.4 Å². The van der Waals surface area contributed by atoms with Gasteiger partial charge < -0.3 is 5.32 Å². The van der Waals surface area contributed by atoms with Crippen molar-refractivity contribution in [1.29, 1.82) is 0 Å². The fourth-order valence-electron chi connectivity index (χ4n) is 2.34. The van der Waals surface area contributed by atoms with Crippen molar-refractivity contribution in [2.45, 2.75) is 17.7 Å². The number of nitrogens with one attached hydrogen (secondary N) is 1. The molecule has 0 spiro atoms. The number of rotatable bonds is 2. The number of fused-ring (bicyclic) bond motifs is 1. The van der Waals surface area contributed by atoms with Gasteiger partial charge in [-0.3, -0.25) is 4.31 Å². The Morgan fingerprint density at radius 2 is 2.05 bits per heavy atom. The highest BCUT2D eigenvalue weighted by Crippen LogP contribution is 2.35. The minimum absolute atomic E-state index is 0. The zero-order chi connectivity index (χ0) is 15.0. The monoisotopic (exact) mass is 422 g/mol. The SMILES string of the molecule is Cc1cc(S(=O)(=O)N2CCNCc3ccccc32)sc1Br.Cl. The van der Waals surface area contributed by atoms with Gasteiger partial charge in [0.15, 0.2) is 0 Å². The van der Waals surface area contributed by atoms with Gasteiger partial charge in [-0.2, -0.15) is 0 Å². The highest BCUT2D eigenvalue weighted by Gasteiger charge is 2.29. The smallest absolute Gasteiger partial charge is 0.273 e. The second-order valence-electron chi connectivity index (χ2n) is 4.90. The highest BCUT2D eigenvalue weighted by molar-refractivity contribution is 9.11. The van der Waals surface area contributed by atoms with Crippen molar-refractivity contribution >= 4 is 55.4 Å². The van der Waals surface area contributed by atoms with E-state index in [9.17, 15) is 8.42 Å². The summed E-state index contributed by atoms with van der Waals surface area (Å²) in [5.74, 6) is 0. The van der Waals surface area contributed by atoms with Crippen LogP contribution in [-0.2, 0) is 16.6 Å². The molecule has 1 N–H and O–H groups in total. The fraction of sp³-hybridized carbons (Fsp3) is 0.286. The van der Waals surface area contributed by atoms with E-state index in [0.717, 1.165) is 20.6 Å². The Morgan fingerprint density at radius 1 is 1.32 bits per heavy atom. The van der Waals surface area contributed by atoms with Crippen LogP contribution >= 0.6 is 39.7 Å². The molecule has 2 aromatic rings. The van der Waals surface area contributed by atoms with Crippen molar-refractivity contribution < 1.29 is 8.42 Å². The van der Waals surface area contributed by atoms with Gasteiger partial charge in [0.1, 0.15) is 4.21 Å². The van der Waals surface area contributed by atoms with Crippen molar-refractivity contribution in [2.75, 3.05) is 17.4 Å². The third-order valence-corrected chi connectivity index (χ3v) is 7.85. The van der Waals surface area contributed by atoms with E-state index in [1.165, 1.54) is 15.6 Å². The first-order valence-corrected chi connectivity index (χ1v) is 9.62. The Labute approximate surface area is 149 Å². The maximum atomic E-state index is 13.0. The summed E-state index contributed by atoms with van der Waals surface area (Å²) < 4.78 is 28.7. The van der Waals surface area contributed by atoms with Gasteiger partial charge in [0.2, 0.25) is 0 Å². The summed E-state index contributed by atoms with van der Waals surface area (Å²) in [6.07, 6.45) is 0. The Hall–Kier alpha value is -0.600. The van der Waals surface area contributed by atoms with Crippen LogP contribution in [0.2, 0.25) is 0 Å². The molecule has 1 aromatic heterocycles. The lowest BCUT2D eigenvalue weighted by Gasteiger charge is -2.23. The Morgan fingerprint density at radius 3 is 2.73 bits per heavy atom. The average Bonchev–Trinajstić information content (AvgIpc) is 2.69. The molecule has 22 heavy (non-hydrogen) atoms. The summed E-state index contributed by atoms with van der Waals surface area (Å²) in [4.78, 5) is 0. The van der Waals surface area contributed by atoms with Gasteiger partial charge in [-0.15, -0.1) is 23.7 Å². The van der Waals surface area contributed by atoms with Crippen LogP contribution in [0.25, 0.3) is 0 Å². The van der Waals surface area contributed by atoms with E-state index in [1.807, 2.05) is 31.2 Å². The molecule has 0 saturated carbocycles. The van der Waals surface area contributed by atoms with Gasteiger partial charge >= 0.3 is 0 Å². The fourth-order valence-corrected chi connectivity index (χ4v) is 6.19. The van der Waals surface area contributed by atoms with Crippen molar-refractivity contribution in [3.8, 4) is 0 Å². The molecule has 0 aliphatic carbocycles. The second-order valence-corrected chi connectivity index (χ2v) is 9.36. The molecule has 0 amide bonds. The van der Waals surface area contributed by atoms with E-state index in [4.69, 9.17) is 0 Å². The van der Waals surface area contributed by atoms with Crippen molar-refractivity contribution in [3.63, 3.8) is 0 Å². The molecule has 0 unspecified atom stereocenters. The molecule has 3 rings (SSSR count). The second kappa shape index (κ2) is 6.88. The van der Waals surface area contributed by atoms with Gasteiger partial charge in [-0.05, 0) is 46.1 Å². The Kier molecular flexibility index (Phi) is 5.55. The predicted molar refractivity (Wildman–Crippen MR) is 96.7 cm³/mol. The molecule has 0 atom stereocenters. The summed E-state index contributed by atoms with van der Waals surface area (Å²) in [6.45, 7) is 3.67. The van der Waals surface area contributed by atoms with Crippen LogP contribution in [0.3, 0.4) is 0 Å². The average molecular weight is 424 g/mol. The number of hydrogen-bond donors (Lipinski definition) is 1. The van der Waals surface area contributed by atoms with Gasteiger partial charge in [0.05, 0.1) is 9.47 Å². The normalized spacial score (nSPS) is 14.9. The third kappa shape index (κ3) is 3.19. The zero-order valence-corrected chi connectivity index (χ0v) is 15.9. The van der Waals surface area contributed by atoms with Crippen LogP contribution in [0.4, 0.5) is 5.69 Å². The van der Waals surface area contributed by atoms with Crippen LogP contribution in [-0.4, -0.2) is 21.5 Å². The summed E-state index contributed by atoms with van der Waals surface area (Å²) >= 11 is 4.67. The maximum absolute atomic E-state index is 13.0. The van der Waals surface area contributed by atoms with Crippen molar-refractivity contribution in [3.05, 3.63) is 45.2 Å².